The summed E-state index contributed by atoms with van der Waals surface area (Å²) in [6, 6.07) is 14.6. The van der Waals surface area contributed by atoms with Crippen molar-refractivity contribution in [1.82, 2.24) is 0 Å². The van der Waals surface area contributed by atoms with Crippen LogP contribution in [0.25, 0.3) is 6.08 Å². The average Bonchev–Trinajstić information content (AvgIpc) is 2.71. The fourth-order valence-electron chi connectivity index (χ4n) is 2.49. The molecule has 0 aliphatic rings. The number of nitrogens with zero attached hydrogens (tertiary/aromatic N) is 1. The van der Waals surface area contributed by atoms with Crippen molar-refractivity contribution in [3.8, 4) is 23.3 Å². The lowest BCUT2D eigenvalue weighted by Crippen LogP contribution is -2.12. The Balaban J connectivity index is 2.00. The molecule has 0 saturated heterocycles. The molecule has 1 amide bonds. The summed E-state index contributed by atoms with van der Waals surface area (Å²) in [5.74, 6) is 1.02. The van der Waals surface area contributed by atoms with E-state index in [0.717, 1.165) is 17.7 Å². The number of para-hydroxylation sites is 1. The molecule has 0 radical (unpaired) electrons. The van der Waals surface area contributed by atoms with E-state index in [1.54, 1.807) is 24.3 Å². The Kier molecular flexibility index (Phi) is 7.67. The van der Waals surface area contributed by atoms with E-state index in [2.05, 4.69) is 6.58 Å². The number of rotatable bonds is 10. The van der Waals surface area contributed by atoms with Crippen LogP contribution >= 0.6 is 0 Å². The van der Waals surface area contributed by atoms with Gasteiger partial charge >= 0.3 is 0 Å². The molecular formula is C22H22N2O4. The molecule has 0 fully saturated rings. The van der Waals surface area contributed by atoms with E-state index in [-0.39, 0.29) is 5.57 Å². The van der Waals surface area contributed by atoms with Crippen LogP contribution < -0.4 is 19.9 Å². The monoisotopic (exact) mass is 378 g/mol. The van der Waals surface area contributed by atoms with E-state index in [0.29, 0.717) is 30.3 Å². The van der Waals surface area contributed by atoms with Crippen LogP contribution in [0.2, 0.25) is 0 Å². The van der Waals surface area contributed by atoms with Gasteiger partial charge in [-0.15, -0.1) is 6.58 Å². The van der Waals surface area contributed by atoms with Crippen molar-refractivity contribution in [1.29, 1.82) is 5.26 Å². The standard InChI is InChI=1S/C22H22N2O4/c1-3-6-17-7-4-5-8-19(17)27-11-12-28-20-10-9-16(14-21(20)26-2)13-18(15-23)22(24)25/h3-5,7-10,13-14H,1,6,11-12H2,2H3,(H2,24,25). The molecule has 144 valence electrons. The minimum atomic E-state index is -0.782. The molecule has 6 heteroatoms. The number of hydrogen-bond donors (Lipinski definition) is 1. The predicted octanol–water partition coefficient (Wildman–Crippen LogP) is 3.27. The number of benzene rings is 2. The SMILES string of the molecule is C=CCc1ccccc1OCCOc1ccc(C=C(C#N)C(N)=O)cc1OC. The maximum atomic E-state index is 11.2. The van der Waals surface area contributed by atoms with E-state index in [4.69, 9.17) is 25.2 Å². The van der Waals surface area contributed by atoms with Gasteiger partial charge < -0.3 is 19.9 Å². The van der Waals surface area contributed by atoms with Crippen LogP contribution in [-0.2, 0) is 11.2 Å². The summed E-state index contributed by atoms with van der Waals surface area (Å²) in [6.07, 6.45) is 3.96. The van der Waals surface area contributed by atoms with Gasteiger partial charge in [-0.25, -0.2) is 0 Å². The number of primary amides is 1. The molecule has 0 aliphatic carbocycles. The number of methoxy groups -OCH3 is 1. The zero-order chi connectivity index (χ0) is 20.4. The lowest BCUT2D eigenvalue weighted by atomic mass is 10.1. The van der Waals surface area contributed by atoms with Crippen molar-refractivity contribution in [3.05, 3.63) is 71.8 Å². The Labute approximate surface area is 164 Å². The molecule has 0 atom stereocenters. The predicted molar refractivity (Wildman–Crippen MR) is 107 cm³/mol. The highest BCUT2D eigenvalue weighted by Gasteiger charge is 2.08. The molecule has 0 spiro atoms. The lowest BCUT2D eigenvalue weighted by molar-refractivity contribution is -0.114. The molecule has 0 aromatic heterocycles. The Hall–Kier alpha value is -3.72. The van der Waals surface area contributed by atoms with Gasteiger partial charge in [-0.1, -0.05) is 30.3 Å². The second kappa shape index (κ2) is 10.4. The summed E-state index contributed by atoms with van der Waals surface area (Å²) in [5.41, 5.74) is 6.68. The van der Waals surface area contributed by atoms with Gasteiger partial charge in [-0.05, 0) is 41.8 Å². The number of nitriles is 1. The molecule has 2 N–H and O–H groups in total. The molecular weight excluding hydrogens is 356 g/mol. The molecule has 2 aromatic rings. The normalized spacial score (nSPS) is 10.6. The topological polar surface area (TPSA) is 94.6 Å². The van der Waals surface area contributed by atoms with Crippen LogP contribution in [0, 0.1) is 11.3 Å². The van der Waals surface area contributed by atoms with Gasteiger partial charge in [0.25, 0.3) is 5.91 Å². The van der Waals surface area contributed by atoms with E-state index in [9.17, 15) is 4.79 Å². The fraction of sp³-hybridized carbons (Fsp3) is 0.182. The molecule has 2 aromatic carbocycles. The number of carbonyl (C=O) groups is 1. The van der Waals surface area contributed by atoms with Crippen molar-refractivity contribution in [3.63, 3.8) is 0 Å². The largest absolute Gasteiger partial charge is 0.493 e. The van der Waals surface area contributed by atoms with Crippen LogP contribution in [0.4, 0.5) is 0 Å². The first-order valence-corrected chi connectivity index (χ1v) is 8.63. The zero-order valence-electron chi connectivity index (χ0n) is 15.7. The number of nitrogens with two attached hydrogens (primary N) is 1. The summed E-state index contributed by atoms with van der Waals surface area (Å²) in [6.45, 7) is 4.43. The van der Waals surface area contributed by atoms with Gasteiger partial charge in [0.1, 0.15) is 30.6 Å². The third kappa shape index (κ3) is 5.64. The minimum Gasteiger partial charge on any atom is -0.493 e. The van der Waals surface area contributed by atoms with Gasteiger partial charge in [-0.2, -0.15) is 5.26 Å². The molecule has 2 rings (SSSR count). The van der Waals surface area contributed by atoms with Crippen LogP contribution in [-0.4, -0.2) is 26.2 Å². The van der Waals surface area contributed by atoms with Crippen molar-refractivity contribution in [2.45, 2.75) is 6.42 Å². The molecule has 28 heavy (non-hydrogen) atoms. The number of amides is 1. The van der Waals surface area contributed by atoms with E-state index in [1.165, 1.54) is 13.2 Å². The highest BCUT2D eigenvalue weighted by Crippen LogP contribution is 2.29. The highest BCUT2D eigenvalue weighted by molar-refractivity contribution is 6.00. The summed E-state index contributed by atoms with van der Waals surface area (Å²) in [5, 5.41) is 8.93. The maximum absolute atomic E-state index is 11.2. The van der Waals surface area contributed by atoms with Crippen molar-refractivity contribution in [2.75, 3.05) is 20.3 Å². The van der Waals surface area contributed by atoms with E-state index < -0.39 is 5.91 Å². The molecule has 6 nitrogen and oxygen atoms in total. The number of hydrogen-bond acceptors (Lipinski definition) is 5. The van der Waals surface area contributed by atoms with Gasteiger partial charge in [0.15, 0.2) is 11.5 Å². The minimum absolute atomic E-state index is 0.137. The smallest absolute Gasteiger partial charge is 0.259 e. The average molecular weight is 378 g/mol. The number of ether oxygens (including phenoxy) is 3. The summed E-state index contributed by atoms with van der Waals surface area (Å²) in [4.78, 5) is 11.2. The Morgan fingerprint density at radius 3 is 2.50 bits per heavy atom. The van der Waals surface area contributed by atoms with Gasteiger partial charge in [0, 0.05) is 0 Å². The second-order valence-corrected chi connectivity index (χ2v) is 5.74. The summed E-state index contributed by atoms with van der Waals surface area (Å²) < 4.78 is 16.9. The maximum Gasteiger partial charge on any atom is 0.259 e. The van der Waals surface area contributed by atoms with Gasteiger partial charge in [0.2, 0.25) is 0 Å². The lowest BCUT2D eigenvalue weighted by Gasteiger charge is -2.13. The summed E-state index contributed by atoms with van der Waals surface area (Å²) >= 11 is 0. The molecule has 0 saturated carbocycles. The van der Waals surface area contributed by atoms with E-state index in [1.807, 2.05) is 30.3 Å². The number of allylic oxidation sites excluding steroid dienone is 1. The molecule has 0 bridgehead atoms. The van der Waals surface area contributed by atoms with Crippen molar-refractivity contribution >= 4 is 12.0 Å². The first-order valence-electron chi connectivity index (χ1n) is 8.63. The van der Waals surface area contributed by atoms with Crippen LogP contribution in [0.15, 0.2) is 60.7 Å². The third-order valence-corrected chi connectivity index (χ3v) is 3.82. The van der Waals surface area contributed by atoms with E-state index >= 15 is 0 Å². The summed E-state index contributed by atoms with van der Waals surface area (Å²) in [7, 11) is 1.51. The highest BCUT2D eigenvalue weighted by atomic mass is 16.5. The Morgan fingerprint density at radius 2 is 1.86 bits per heavy atom. The first kappa shape index (κ1) is 20.6. The molecule has 0 aliphatic heterocycles. The van der Waals surface area contributed by atoms with Crippen molar-refractivity contribution < 1.29 is 19.0 Å². The van der Waals surface area contributed by atoms with Crippen LogP contribution in [0.5, 0.6) is 17.2 Å². The zero-order valence-corrected chi connectivity index (χ0v) is 15.7. The third-order valence-electron chi connectivity index (χ3n) is 3.82. The van der Waals surface area contributed by atoms with Crippen LogP contribution in [0.1, 0.15) is 11.1 Å². The number of carbonyl (C=O) groups excluding carboxylic acids is 1. The molecule has 0 unspecified atom stereocenters. The molecule has 0 heterocycles. The van der Waals surface area contributed by atoms with Crippen LogP contribution in [0.3, 0.4) is 0 Å². The first-order chi connectivity index (χ1) is 13.6. The Morgan fingerprint density at radius 1 is 1.14 bits per heavy atom. The fourth-order valence-corrected chi connectivity index (χ4v) is 2.49. The van der Waals surface area contributed by atoms with Gasteiger partial charge in [-0.3, -0.25) is 4.79 Å². The van der Waals surface area contributed by atoms with Gasteiger partial charge in [0.05, 0.1) is 7.11 Å². The van der Waals surface area contributed by atoms with Crippen molar-refractivity contribution in [2.24, 2.45) is 5.73 Å². The Bertz CT molecular complexity index is 913. The second-order valence-electron chi connectivity index (χ2n) is 5.74. The quantitative estimate of drug-likeness (QED) is 0.296.